The average Bonchev–Trinajstić information content (AvgIpc) is 2.97. The largest absolute Gasteiger partial charge is 0.378 e. The summed E-state index contributed by atoms with van der Waals surface area (Å²) in [6.45, 7) is 4.78. The molecule has 5 nitrogen and oxygen atoms in total. The van der Waals surface area contributed by atoms with Gasteiger partial charge < -0.3 is 14.6 Å². The molecule has 2 aromatic rings. The van der Waals surface area contributed by atoms with Gasteiger partial charge in [-0.15, -0.1) is 0 Å². The maximum Gasteiger partial charge on any atom is 0.229 e. The maximum atomic E-state index is 5.85. The van der Waals surface area contributed by atoms with Crippen LogP contribution in [0.1, 0.15) is 24.3 Å². The number of rotatable bonds is 5. The molecule has 1 aromatic carbocycles. The number of nitrogens with one attached hydrogen (secondary N) is 1. The molecule has 0 unspecified atom stereocenters. The first-order chi connectivity index (χ1) is 10.3. The van der Waals surface area contributed by atoms with Crippen molar-refractivity contribution < 1.29 is 9.26 Å². The second-order valence-corrected chi connectivity index (χ2v) is 5.45. The summed E-state index contributed by atoms with van der Waals surface area (Å²) in [7, 11) is 0. The minimum absolute atomic E-state index is 0.366. The first-order valence-electron chi connectivity index (χ1n) is 7.53. The molecule has 0 atom stereocenters. The van der Waals surface area contributed by atoms with E-state index in [9.17, 15) is 0 Å². The van der Waals surface area contributed by atoms with Crippen LogP contribution in [0.2, 0.25) is 0 Å². The normalized spacial score (nSPS) is 16.2. The molecule has 3 rings (SSSR count). The van der Waals surface area contributed by atoms with Crippen molar-refractivity contribution in [2.45, 2.75) is 32.3 Å². The quantitative estimate of drug-likeness (QED) is 0.914. The number of aryl methyl sites for hydroxylation is 1. The molecule has 2 heterocycles. The lowest BCUT2D eigenvalue weighted by atomic mass is 10.1. The van der Waals surface area contributed by atoms with Crippen molar-refractivity contribution in [2.24, 2.45) is 0 Å². The molecule has 0 bridgehead atoms. The SMILES string of the molecule is Cc1cccc(-c2noc(CCOC3CCNCC3)n2)c1. The highest BCUT2D eigenvalue weighted by molar-refractivity contribution is 5.55. The molecule has 5 heteroatoms. The van der Waals surface area contributed by atoms with Gasteiger partial charge in [-0.1, -0.05) is 28.9 Å². The number of nitrogens with zero attached hydrogens (tertiary/aromatic N) is 2. The van der Waals surface area contributed by atoms with E-state index in [1.165, 1.54) is 5.56 Å². The zero-order valence-corrected chi connectivity index (χ0v) is 12.3. The summed E-state index contributed by atoms with van der Waals surface area (Å²) in [5.41, 5.74) is 2.18. The predicted molar refractivity (Wildman–Crippen MR) is 80.0 cm³/mol. The van der Waals surface area contributed by atoms with Crippen molar-refractivity contribution in [2.75, 3.05) is 19.7 Å². The van der Waals surface area contributed by atoms with Gasteiger partial charge in [-0.2, -0.15) is 4.98 Å². The molecule has 0 spiro atoms. The molecule has 1 aromatic heterocycles. The van der Waals surface area contributed by atoms with E-state index >= 15 is 0 Å². The Morgan fingerprint density at radius 2 is 2.19 bits per heavy atom. The highest BCUT2D eigenvalue weighted by Crippen LogP contribution is 2.17. The van der Waals surface area contributed by atoms with E-state index in [4.69, 9.17) is 9.26 Å². The van der Waals surface area contributed by atoms with E-state index in [0.29, 0.717) is 30.8 Å². The van der Waals surface area contributed by atoms with Gasteiger partial charge in [0.25, 0.3) is 0 Å². The Kier molecular flexibility index (Phi) is 4.62. The van der Waals surface area contributed by atoms with Gasteiger partial charge >= 0.3 is 0 Å². The van der Waals surface area contributed by atoms with Gasteiger partial charge in [-0.3, -0.25) is 0 Å². The first kappa shape index (κ1) is 14.2. The van der Waals surface area contributed by atoms with Crippen molar-refractivity contribution in [1.29, 1.82) is 0 Å². The molecule has 0 saturated carbocycles. The number of ether oxygens (including phenoxy) is 1. The molecule has 21 heavy (non-hydrogen) atoms. The van der Waals surface area contributed by atoms with Gasteiger partial charge in [0.1, 0.15) is 0 Å². The second-order valence-electron chi connectivity index (χ2n) is 5.45. The lowest BCUT2D eigenvalue weighted by Gasteiger charge is -2.22. The lowest BCUT2D eigenvalue weighted by Crippen LogP contribution is -2.32. The van der Waals surface area contributed by atoms with Crippen molar-refractivity contribution in [3.8, 4) is 11.4 Å². The summed E-state index contributed by atoms with van der Waals surface area (Å²) < 4.78 is 11.1. The summed E-state index contributed by atoms with van der Waals surface area (Å²) in [4.78, 5) is 4.43. The van der Waals surface area contributed by atoms with E-state index < -0.39 is 0 Å². The maximum absolute atomic E-state index is 5.85. The smallest absolute Gasteiger partial charge is 0.229 e. The number of aromatic nitrogens is 2. The van der Waals surface area contributed by atoms with Gasteiger partial charge in [-0.05, 0) is 38.9 Å². The predicted octanol–water partition coefficient (Wildman–Crippen LogP) is 2.36. The van der Waals surface area contributed by atoms with Crippen LogP contribution in [-0.2, 0) is 11.2 Å². The Hall–Kier alpha value is -1.72. The summed E-state index contributed by atoms with van der Waals surface area (Å²) in [5.74, 6) is 1.29. The minimum atomic E-state index is 0.366. The van der Waals surface area contributed by atoms with E-state index in [1.54, 1.807) is 0 Å². The molecule has 1 aliphatic heterocycles. The number of benzene rings is 1. The fraction of sp³-hybridized carbons (Fsp3) is 0.500. The Bertz CT molecular complexity index is 576. The summed E-state index contributed by atoms with van der Waals surface area (Å²) in [6.07, 6.45) is 3.20. The number of piperidine rings is 1. The lowest BCUT2D eigenvalue weighted by molar-refractivity contribution is 0.0322. The van der Waals surface area contributed by atoms with E-state index in [-0.39, 0.29) is 0 Å². The monoisotopic (exact) mass is 287 g/mol. The molecule has 0 radical (unpaired) electrons. The van der Waals surface area contributed by atoms with Crippen LogP contribution in [0.5, 0.6) is 0 Å². The molecule has 0 amide bonds. The average molecular weight is 287 g/mol. The van der Waals surface area contributed by atoms with Crippen LogP contribution >= 0.6 is 0 Å². The van der Waals surface area contributed by atoms with Crippen LogP contribution in [0, 0.1) is 6.92 Å². The second kappa shape index (κ2) is 6.83. The van der Waals surface area contributed by atoms with Crippen molar-refractivity contribution in [3.05, 3.63) is 35.7 Å². The van der Waals surface area contributed by atoms with Crippen LogP contribution in [0.3, 0.4) is 0 Å². The molecule has 1 saturated heterocycles. The molecule has 1 fully saturated rings. The standard InChI is InChI=1S/C16H21N3O2/c1-12-3-2-4-13(11-12)16-18-15(21-19-16)7-10-20-14-5-8-17-9-6-14/h2-4,11,14,17H,5-10H2,1H3. The van der Waals surface area contributed by atoms with Crippen LogP contribution in [0.15, 0.2) is 28.8 Å². The Morgan fingerprint density at radius 3 is 3.00 bits per heavy atom. The van der Waals surface area contributed by atoms with Crippen LogP contribution in [0.25, 0.3) is 11.4 Å². The molecular formula is C16H21N3O2. The third-order valence-electron chi connectivity index (χ3n) is 3.70. The third-order valence-corrected chi connectivity index (χ3v) is 3.70. The number of hydrogen-bond acceptors (Lipinski definition) is 5. The van der Waals surface area contributed by atoms with Crippen LogP contribution in [0.4, 0.5) is 0 Å². The Balaban J connectivity index is 1.53. The zero-order valence-electron chi connectivity index (χ0n) is 12.3. The minimum Gasteiger partial charge on any atom is -0.378 e. The highest BCUT2D eigenvalue weighted by Gasteiger charge is 2.14. The third kappa shape index (κ3) is 3.89. The van der Waals surface area contributed by atoms with E-state index in [2.05, 4.69) is 34.5 Å². The van der Waals surface area contributed by atoms with Crippen LogP contribution < -0.4 is 5.32 Å². The Labute approximate surface area is 124 Å². The number of hydrogen-bond donors (Lipinski definition) is 1. The molecular weight excluding hydrogens is 266 g/mol. The van der Waals surface area contributed by atoms with Gasteiger partial charge in [-0.25, -0.2) is 0 Å². The van der Waals surface area contributed by atoms with Crippen molar-refractivity contribution in [1.82, 2.24) is 15.5 Å². The van der Waals surface area contributed by atoms with Gasteiger partial charge in [0, 0.05) is 5.56 Å². The van der Waals surface area contributed by atoms with E-state index in [1.807, 2.05) is 12.1 Å². The first-order valence-corrected chi connectivity index (χ1v) is 7.53. The van der Waals surface area contributed by atoms with Crippen molar-refractivity contribution in [3.63, 3.8) is 0 Å². The topological polar surface area (TPSA) is 60.2 Å². The molecule has 0 aliphatic carbocycles. The van der Waals surface area contributed by atoms with Crippen LogP contribution in [-0.4, -0.2) is 35.9 Å². The van der Waals surface area contributed by atoms with Crippen molar-refractivity contribution >= 4 is 0 Å². The van der Waals surface area contributed by atoms with Gasteiger partial charge in [0.05, 0.1) is 19.1 Å². The highest BCUT2D eigenvalue weighted by atomic mass is 16.5. The van der Waals surface area contributed by atoms with E-state index in [0.717, 1.165) is 31.5 Å². The van der Waals surface area contributed by atoms with Gasteiger partial charge in [0.2, 0.25) is 11.7 Å². The summed E-state index contributed by atoms with van der Waals surface area (Å²) >= 11 is 0. The Morgan fingerprint density at radius 1 is 1.33 bits per heavy atom. The summed E-state index contributed by atoms with van der Waals surface area (Å²) in [5, 5.41) is 7.37. The fourth-order valence-electron chi connectivity index (χ4n) is 2.53. The molecule has 1 aliphatic rings. The zero-order chi connectivity index (χ0) is 14.5. The van der Waals surface area contributed by atoms with Gasteiger partial charge in [0.15, 0.2) is 0 Å². The summed E-state index contributed by atoms with van der Waals surface area (Å²) in [6, 6.07) is 8.10. The molecule has 1 N–H and O–H groups in total. The molecule has 112 valence electrons. The fourth-order valence-corrected chi connectivity index (χ4v) is 2.53.